The molecule has 2 atom stereocenters. The Morgan fingerprint density at radius 1 is 0.914 bits per heavy atom. The first kappa shape index (κ1) is 23.2. The molecule has 0 saturated heterocycles. The van der Waals surface area contributed by atoms with E-state index in [1.807, 2.05) is 54.4 Å². The van der Waals surface area contributed by atoms with Crippen molar-refractivity contribution in [1.29, 1.82) is 0 Å². The molecule has 35 heavy (non-hydrogen) atoms. The Kier molecular flexibility index (Phi) is 6.34. The summed E-state index contributed by atoms with van der Waals surface area (Å²) in [6.45, 7) is 2.49. The summed E-state index contributed by atoms with van der Waals surface area (Å²) in [5.74, 6) is 3.27. The lowest BCUT2D eigenvalue weighted by atomic mass is 9.95. The predicted molar refractivity (Wildman–Crippen MR) is 134 cm³/mol. The summed E-state index contributed by atoms with van der Waals surface area (Å²) < 4.78 is 28.9. The molecule has 5 rings (SSSR count). The average molecular weight is 495 g/mol. The summed E-state index contributed by atoms with van der Waals surface area (Å²) in [6.07, 6.45) is 0.178. The zero-order valence-corrected chi connectivity index (χ0v) is 20.8. The molecule has 0 aliphatic carbocycles. The highest BCUT2D eigenvalue weighted by Gasteiger charge is 2.42. The summed E-state index contributed by atoms with van der Waals surface area (Å²) in [6, 6.07) is 17.5. The molecule has 2 heterocycles. The Morgan fingerprint density at radius 3 is 2.37 bits per heavy atom. The van der Waals surface area contributed by atoms with Crippen LogP contribution in [0.3, 0.4) is 0 Å². The molecule has 0 radical (unpaired) electrons. The third-order valence-corrected chi connectivity index (χ3v) is 6.56. The lowest BCUT2D eigenvalue weighted by Crippen LogP contribution is -2.34. The molecule has 0 saturated carbocycles. The highest BCUT2D eigenvalue weighted by molar-refractivity contribution is 6.32. The maximum absolute atomic E-state index is 6.50. The van der Waals surface area contributed by atoms with E-state index >= 15 is 0 Å². The van der Waals surface area contributed by atoms with Crippen LogP contribution in [0.1, 0.15) is 42.3 Å². The van der Waals surface area contributed by atoms with Crippen LogP contribution in [0.2, 0.25) is 5.02 Å². The van der Waals surface area contributed by atoms with Crippen molar-refractivity contribution in [2.45, 2.75) is 25.6 Å². The van der Waals surface area contributed by atoms with Gasteiger partial charge in [-0.3, -0.25) is 0 Å². The van der Waals surface area contributed by atoms with Gasteiger partial charge in [-0.05, 0) is 42.8 Å². The standard InChI is InChI=1S/C27H27ClN2O5/c1-5-34-23-11-10-16(12-19(23)28)20-14-21-17-8-6-7-9-22(17)35-27(30(21)29-20)18-13-25(32-3)26(33-4)15-24(18)31-2/h6-13,15,21,27H,5,14H2,1-4H3/t21-,27-/m0/s1. The van der Waals surface area contributed by atoms with Crippen LogP contribution in [-0.2, 0) is 0 Å². The lowest BCUT2D eigenvalue weighted by Gasteiger charge is -2.38. The molecule has 0 N–H and O–H groups in total. The monoisotopic (exact) mass is 494 g/mol. The molecule has 3 aromatic carbocycles. The number of benzene rings is 3. The van der Waals surface area contributed by atoms with Gasteiger partial charge in [-0.15, -0.1) is 0 Å². The number of hydrogen-bond acceptors (Lipinski definition) is 7. The Morgan fingerprint density at radius 2 is 1.66 bits per heavy atom. The van der Waals surface area contributed by atoms with Gasteiger partial charge in [-0.25, -0.2) is 5.01 Å². The molecule has 3 aromatic rings. The van der Waals surface area contributed by atoms with Crippen molar-refractivity contribution >= 4 is 17.3 Å². The normalized spacial score (nSPS) is 18.2. The van der Waals surface area contributed by atoms with E-state index in [0.717, 1.165) is 28.2 Å². The minimum Gasteiger partial charge on any atom is -0.496 e. The number of para-hydroxylation sites is 1. The van der Waals surface area contributed by atoms with Crippen molar-refractivity contribution in [2.24, 2.45) is 5.10 Å². The second-order valence-corrected chi connectivity index (χ2v) is 8.59. The van der Waals surface area contributed by atoms with Crippen LogP contribution >= 0.6 is 11.6 Å². The molecule has 7 nitrogen and oxygen atoms in total. The van der Waals surface area contributed by atoms with Gasteiger partial charge in [-0.1, -0.05) is 29.8 Å². The van der Waals surface area contributed by atoms with Gasteiger partial charge in [0.2, 0.25) is 6.23 Å². The van der Waals surface area contributed by atoms with Crippen LogP contribution in [0.4, 0.5) is 0 Å². The van der Waals surface area contributed by atoms with Crippen LogP contribution < -0.4 is 23.7 Å². The molecule has 0 bridgehead atoms. The third-order valence-electron chi connectivity index (χ3n) is 6.27. The third kappa shape index (κ3) is 4.10. The molecule has 2 aliphatic rings. The molecular weight excluding hydrogens is 468 g/mol. The van der Waals surface area contributed by atoms with E-state index in [2.05, 4.69) is 6.07 Å². The molecule has 0 aromatic heterocycles. The topological polar surface area (TPSA) is 61.8 Å². The Labute approximate surface area is 209 Å². The zero-order valence-electron chi connectivity index (χ0n) is 20.1. The average Bonchev–Trinajstić information content (AvgIpc) is 3.34. The fourth-order valence-corrected chi connectivity index (χ4v) is 4.85. The minimum atomic E-state index is -0.527. The number of methoxy groups -OCH3 is 3. The van der Waals surface area contributed by atoms with E-state index in [4.69, 9.17) is 40.4 Å². The highest BCUT2D eigenvalue weighted by Crippen LogP contribution is 2.50. The van der Waals surface area contributed by atoms with Crippen LogP contribution in [0.15, 0.2) is 59.7 Å². The summed E-state index contributed by atoms with van der Waals surface area (Å²) in [5, 5.41) is 7.58. The number of fused-ring (bicyclic) bond motifs is 3. The molecule has 182 valence electrons. The summed E-state index contributed by atoms with van der Waals surface area (Å²) in [5.41, 5.74) is 3.74. The van der Waals surface area contributed by atoms with Crippen molar-refractivity contribution in [1.82, 2.24) is 5.01 Å². The Bertz CT molecular complexity index is 1280. The number of hydrazone groups is 1. The summed E-state index contributed by atoms with van der Waals surface area (Å²) >= 11 is 6.49. The van der Waals surface area contributed by atoms with E-state index in [1.54, 1.807) is 27.4 Å². The van der Waals surface area contributed by atoms with Gasteiger partial charge in [0.15, 0.2) is 11.5 Å². The zero-order chi connectivity index (χ0) is 24.5. The molecule has 8 heteroatoms. The fraction of sp³-hybridized carbons (Fsp3) is 0.296. The SMILES string of the molecule is CCOc1ccc(C2=NN3[C@@H](C2)c2ccccc2O[C@H]3c2cc(OC)c(OC)cc2OC)cc1Cl. The van der Waals surface area contributed by atoms with Gasteiger partial charge in [0.25, 0.3) is 0 Å². The maximum Gasteiger partial charge on any atom is 0.217 e. The maximum atomic E-state index is 6.50. The number of nitrogens with zero attached hydrogens (tertiary/aromatic N) is 2. The van der Waals surface area contributed by atoms with Crippen LogP contribution in [0.25, 0.3) is 0 Å². The van der Waals surface area contributed by atoms with E-state index in [-0.39, 0.29) is 6.04 Å². The first-order valence-electron chi connectivity index (χ1n) is 11.4. The Balaban J connectivity index is 1.60. The van der Waals surface area contributed by atoms with E-state index in [0.29, 0.717) is 41.0 Å². The number of ether oxygens (including phenoxy) is 5. The minimum absolute atomic E-state index is 0.0110. The van der Waals surface area contributed by atoms with Crippen LogP contribution in [0, 0.1) is 0 Å². The van der Waals surface area contributed by atoms with Crippen molar-refractivity contribution in [3.8, 4) is 28.7 Å². The second-order valence-electron chi connectivity index (χ2n) is 8.18. The number of rotatable bonds is 7. The second kappa shape index (κ2) is 9.58. The smallest absolute Gasteiger partial charge is 0.217 e. The predicted octanol–water partition coefficient (Wildman–Crippen LogP) is 6.01. The van der Waals surface area contributed by atoms with Crippen LogP contribution in [0.5, 0.6) is 28.7 Å². The first-order chi connectivity index (χ1) is 17.1. The van der Waals surface area contributed by atoms with Gasteiger partial charge >= 0.3 is 0 Å². The molecular formula is C27H27ClN2O5. The quantitative estimate of drug-likeness (QED) is 0.401. The van der Waals surface area contributed by atoms with Crippen LogP contribution in [-0.4, -0.2) is 38.7 Å². The van der Waals surface area contributed by atoms with Gasteiger partial charge in [-0.2, -0.15) is 5.10 Å². The van der Waals surface area contributed by atoms with Crippen molar-refractivity contribution in [2.75, 3.05) is 27.9 Å². The van der Waals surface area contributed by atoms with E-state index in [9.17, 15) is 0 Å². The van der Waals surface area contributed by atoms with Gasteiger partial charge in [0.05, 0.1) is 50.3 Å². The van der Waals surface area contributed by atoms with Crippen molar-refractivity contribution < 1.29 is 23.7 Å². The van der Waals surface area contributed by atoms with Crippen molar-refractivity contribution in [3.05, 3.63) is 76.3 Å². The van der Waals surface area contributed by atoms with Gasteiger partial charge < -0.3 is 23.7 Å². The number of hydrogen-bond donors (Lipinski definition) is 0. The first-order valence-corrected chi connectivity index (χ1v) is 11.8. The molecule has 2 aliphatic heterocycles. The van der Waals surface area contributed by atoms with Gasteiger partial charge in [0, 0.05) is 18.1 Å². The lowest BCUT2D eigenvalue weighted by molar-refractivity contribution is -0.0205. The molecule has 0 unspecified atom stereocenters. The molecule has 0 spiro atoms. The summed E-state index contributed by atoms with van der Waals surface area (Å²) in [7, 11) is 4.83. The fourth-order valence-electron chi connectivity index (χ4n) is 4.61. The number of halogens is 1. The Hall–Kier alpha value is -3.58. The van der Waals surface area contributed by atoms with E-state index < -0.39 is 6.23 Å². The van der Waals surface area contributed by atoms with Crippen molar-refractivity contribution in [3.63, 3.8) is 0 Å². The van der Waals surface area contributed by atoms with E-state index in [1.165, 1.54) is 0 Å². The molecule has 0 fully saturated rings. The molecule has 0 amide bonds. The highest BCUT2D eigenvalue weighted by atomic mass is 35.5. The van der Waals surface area contributed by atoms with Gasteiger partial charge in [0.1, 0.15) is 17.2 Å². The largest absolute Gasteiger partial charge is 0.496 e. The summed E-state index contributed by atoms with van der Waals surface area (Å²) in [4.78, 5) is 0.